The molecule has 1 aliphatic rings. The lowest BCUT2D eigenvalue weighted by molar-refractivity contribution is 0.266. The fourth-order valence-electron chi connectivity index (χ4n) is 3.45. The molecular formula is C19H23ClFN5. The molecule has 26 heavy (non-hydrogen) atoms. The van der Waals surface area contributed by atoms with Gasteiger partial charge in [0, 0.05) is 37.9 Å². The first kappa shape index (κ1) is 18.6. The van der Waals surface area contributed by atoms with Gasteiger partial charge in [-0.2, -0.15) is 0 Å². The van der Waals surface area contributed by atoms with Gasteiger partial charge in [-0.3, -0.25) is 0 Å². The van der Waals surface area contributed by atoms with Crippen LogP contribution in [-0.2, 0) is 0 Å². The molecule has 0 bridgehead atoms. The Balaban J connectivity index is 1.77. The first-order chi connectivity index (χ1) is 12.5. The van der Waals surface area contributed by atoms with Crippen LogP contribution in [0.1, 0.15) is 37.9 Å². The zero-order valence-corrected chi connectivity index (χ0v) is 15.9. The van der Waals surface area contributed by atoms with Gasteiger partial charge in [0.05, 0.1) is 16.1 Å². The molecule has 0 aliphatic carbocycles. The molecule has 0 aromatic carbocycles. The van der Waals surface area contributed by atoms with Crippen molar-refractivity contribution in [3.8, 4) is 0 Å². The standard InChI is InChI=1S/C19H23ClFN5/c1-4-14(20)10-22-17(5-2)25-8-6-15(7-9-25)26-11-16(21)18-13(3)23-12-24-19(18)26/h4,10-12,15H,1,5-9H2,2-3H3/b14-10+,22-17?. The molecule has 0 radical (unpaired) electrons. The lowest BCUT2D eigenvalue weighted by Crippen LogP contribution is -2.38. The van der Waals surface area contributed by atoms with Crippen molar-refractivity contribution in [2.24, 2.45) is 4.99 Å². The van der Waals surface area contributed by atoms with Crippen LogP contribution < -0.4 is 0 Å². The van der Waals surface area contributed by atoms with Crippen molar-refractivity contribution >= 4 is 28.5 Å². The van der Waals surface area contributed by atoms with E-state index in [4.69, 9.17) is 11.6 Å². The van der Waals surface area contributed by atoms with Gasteiger partial charge < -0.3 is 9.47 Å². The quantitative estimate of drug-likeness (QED) is 0.446. The largest absolute Gasteiger partial charge is 0.360 e. The summed E-state index contributed by atoms with van der Waals surface area (Å²) in [7, 11) is 0. The maximum Gasteiger partial charge on any atom is 0.152 e. The van der Waals surface area contributed by atoms with Gasteiger partial charge in [0.25, 0.3) is 0 Å². The normalized spacial score (nSPS) is 17.2. The smallest absolute Gasteiger partial charge is 0.152 e. The van der Waals surface area contributed by atoms with Crippen LogP contribution in [0, 0.1) is 12.7 Å². The van der Waals surface area contributed by atoms with Crippen molar-refractivity contribution in [1.29, 1.82) is 0 Å². The number of aliphatic imine (C=N–C) groups is 1. The number of rotatable bonds is 4. The molecule has 0 spiro atoms. The Bertz CT molecular complexity index is 862. The Hall–Kier alpha value is -2.21. The topological polar surface area (TPSA) is 46.3 Å². The van der Waals surface area contributed by atoms with Gasteiger partial charge in [-0.25, -0.2) is 19.4 Å². The average Bonchev–Trinajstić information content (AvgIpc) is 3.00. The SMILES string of the molecule is C=C/C(Cl)=C\N=C(CC)N1CCC(n2cc(F)c3c(C)ncnc32)CC1. The van der Waals surface area contributed by atoms with Crippen LogP contribution in [0.2, 0.25) is 0 Å². The molecule has 0 N–H and O–H groups in total. The third-order valence-corrected chi connectivity index (χ3v) is 5.08. The van der Waals surface area contributed by atoms with E-state index in [-0.39, 0.29) is 11.9 Å². The predicted octanol–water partition coefficient (Wildman–Crippen LogP) is 4.59. The second kappa shape index (κ2) is 7.99. The van der Waals surface area contributed by atoms with Crippen molar-refractivity contribution < 1.29 is 4.39 Å². The van der Waals surface area contributed by atoms with E-state index in [1.165, 1.54) is 6.33 Å². The Kier molecular flexibility index (Phi) is 5.71. The molecule has 0 atom stereocenters. The van der Waals surface area contributed by atoms with E-state index < -0.39 is 0 Å². The highest BCUT2D eigenvalue weighted by molar-refractivity contribution is 6.31. The summed E-state index contributed by atoms with van der Waals surface area (Å²) in [6, 6.07) is 0.220. The van der Waals surface area contributed by atoms with Crippen LogP contribution in [0.15, 0.2) is 41.4 Å². The minimum absolute atomic E-state index is 0.220. The highest BCUT2D eigenvalue weighted by Gasteiger charge is 2.25. The molecule has 3 heterocycles. The first-order valence-electron chi connectivity index (χ1n) is 8.82. The highest BCUT2D eigenvalue weighted by Crippen LogP contribution is 2.29. The molecule has 2 aromatic heterocycles. The minimum Gasteiger partial charge on any atom is -0.360 e. The highest BCUT2D eigenvalue weighted by atomic mass is 35.5. The molecule has 1 saturated heterocycles. The van der Waals surface area contributed by atoms with Gasteiger partial charge >= 0.3 is 0 Å². The Morgan fingerprint density at radius 1 is 1.42 bits per heavy atom. The van der Waals surface area contributed by atoms with Crippen LogP contribution in [0.4, 0.5) is 4.39 Å². The van der Waals surface area contributed by atoms with Crippen LogP contribution >= 0.6 is 11.6 Å². The van der Waals surface area contributed by atoms with E-state index in [2.05, 4.69) is 33.4 Å². The number of fused-ring (bicyclic) bond motifs is 1. The first-order valence-corrected chi connectivity index (χ1v) is 9.20. The number of aromatic nitrogens is 3. The summed E-state index contributed by atoms with van der Waals surface area (Å²) in [5.41, 5.74) is 1.36. The summed E-state index contributed by atoms with van der Waals surface area (Å²) in [5, 5.41) is 1.05. The lowest BCUT2D eigenvalue weighted by atomic mass is 10.0. The lowest BCUT2D eigenvalue weighted by Gasteiger charge is -2.34. The predicted molar refractivity (Wildman–Crippen MR) is 104 cm³/mol. The van der Waals surface area contributed by atoms with Crippen molar-refractivity contribution in [1.82, 2.24) is 19.4 Å². The molecule has 2 aromatic rings. The number of halogens is 2. The number of hydrogen-bond donors (Lipinski definition) is 0. The van der Waals surface area contributed by atoms with Crippen molar-refractivity contribution in [2.45, 2.75) is 39.2 Å². The van der Waals surface area contributed by atoms with Gasteiger partial charge in [-0.1, -0.05) is 25.1 Å². The zero-order chi connectivity index (χ0) is 18.7. The van der Waals surface area contributed by atoms with E-state index in [1.807, 2.05) is 11.5 Å². The van der Waals surface area contributed by atoms with Gasteiger partial charge in [0.15, 0.2) is 5.82 Å². The molecule has 5 nitrogen and oxygen atoms in total. The second-order valence-electron chi connectivity index (χ2n) is 6.38. The van der Waals surface area contributed by atoms with E-state index in [0.29, 0.717) is 21.8 Å². The fraction of sp³-hybridized carbons (Fsp3) is 0.421. The van der Waals surface area contributed by atoms with Crippen LogP contribution in [0.3, 0.4) is 0 Å². The summed E-state index contributed by atoms with van der Waals surface area (Å²) in [4.78, 5) is 15.2. The molecule has 1 aliphatic heterocycles. The number of nitrogens with zero attached hydrogens (tertiary/aromatic N) is 5. The summed E-state index contributed by atoms with van der Waals surface area (Å²) in [5.74, 6) is 0.755. The Labute approximate surface area is 157 Å². The summed E-state index contributed by atoms with van der Waals surface area (Å²) < 4.78 is 16.3. The Morgan fingerprint density at radius 2 is 2.15 bits per heavy atom. The molecule has 0 saturated carbocycles. The number of hydrogen-bond acceptors (Lipinski definition) is 3. The van der Waals surface area contributed by atoms with Gasteiger partial charge in [0.2, 0.25) is 0 Å². The third kappa shape index (κ3) is 3.65. The van der Waals surface area contributed by atoms with E-state index in [9.17, 15) is 4.39 Å². The summed E-state index contributed by atoms with van der Waals surface area (Å²) in [6.45, 7) is 9.24. The summed E-state index contributed by atoms with van der Waals surface area (Å²) >= 11 is 5.95. The minimum atomic E-state index is -0.249. The molecule has 1 fully saturated rings. The van der Waals surface area contributed by atoms with Gasteiger partial charge in [0.1, 0.15) is 17.8 Å². The number of likely N-dealkylation sites (tertiary alicyclic amines) is 1. The maximum atomic E-state index is 14.3. The van der Waals surface area contributed by atoms with Gasteiger partial charge in [-0.15, -0.1) is 0 Å². The second-order valence-corrected chi connectivity index (χ2v) is 6.81. The molecule has 0 unspecified atom stereocenters. The third-order valence-electron chi connectivity index (χ3n) is 4.82. The number of amidine groups is 1. The molecular weight excluding hydrogens is 353 g/mol. The van der Waals surface area contributed by atoms with E-state index in [0.717, 1.165) is 38.2 Å². The van der Waals surface area contributed by atoms with Crippen LogP contribution in [-0.4, -0.2) is 38.4 Å². The van der Waals surface area contributed by atoms with Crippen molar-refractivity contribution in [2.75, 3.05) is 13.1 Å². The van der Waals surface area contributed by atoms with Crippen LogP contribution in [0.25, 0.3) is 11.0 Å². The maximum absolute atomic E-state index is 14.3. The molecule has 138 valence electrons. The molecule has 7 heteroatoms. The Morgan fingerprint density at radius 3 is 2.81 bits per heavy atom. The molecule has 3 rings (SSSR count). The number of aryl methyl sites for hydroxylation is 1. The van der Waals surface area contributed by atoms with E-state index >= 15 is 0 Å². The molecule has 0 amide bonds. The fourth-order valence-corrected chi connectivity index (χ4v) is 3.50. The number of piperidine rings is 1. The average molecular weight is 376 g/mol. The number of allylic oxidation sites excluding steroid dienone is 2. The van der Waals surface area contributed by atoms with Gasteiger partial charge in [-0.05, 0) is 25.8 Å². The zero-order valence-electron chi connectivity index (χ0n) is 15.1. The van der Waals surface area contributed by atoms with Crippen molar-refractivity contribution in [3.05, 3.63) is 47.9 Å². The van der Waals surface area contributed by atoms with Crippen LogP contribution in [0.5, 0.6) is 0 Å². The summed E-state index contributed by atoms with van der Waals surface area (Å²) in [6.07, 6.45) is 8.91. The van der Waals surface area contributed by atoms with E-state index in [1.54, 1.807) is 18.5 Å². The monoisotopic (exact) mass is 375 g/mol. The van der Waals surface area contributed by atoms with Crippen molar-refractivity contribution in [3.63, 3.8) is 0 Å².